The van der Waals surface area contributed by atoms with E-state index in [2.05, 4.69) is 15.3 Å². The van der Waals surface area contributed by atoms with Crippen LogP contribution in [0.15, 0.2) is 12.4 Å². The minimum atomic E-state index is -0.551. The molecule has 0 saturated carbocycles. The van der Waals surface area contributed by atoms with Gasteiger partial charge in [-0.15, -0.1) is 0 Å². The quantitative estimate of drug-likeness (QED) is 0.776. The van der Waals surface area contributed by atoms with Crippen molar-refractivity contribution in [2.24, 2.45) is 0 Å². The highest BCUT2D eigenvalue weighted by Crippen LogP contribution is 2.04. The molecule has 15 heavy (non-hydrogen) atoms. The third-order valence-electron chi connectivity index (χ3n) is 1.44. The molecule has 0 aliphatic heterocycles. The highest BCUT2D eigenvalue weighted by Gasteiger charge is 2.05. The molecule has 0 saturated heterocycles. The van der Waals surface area contributed by atoms with E-state index in [0.29, 0.717) is 11.5 Å². The minimum absolute atomic E-state index is 0.178. The van der Waals surface area contributed by atoms with Gasteiger partial charge in [-0.3, -0.25) is 5.32 Å². The number of ether oxygens (including phenoxy) is 1. The maximum absolute atomic E-state index is 11.1. The van der Waals surface area contributed by atoms with Crippen LogP contribution in [-0.4, -0.2) is 27.3 Å². The van der Waals surface area contributed by atoms with E-state index in [-0.39, 0.29) is 12.7 Å². The van der Waals surface area contributed by atoms with Crippen molar-refractivity contribution in [1.82, 2.24) is 9.97 Å². The zero-order valence-corrected chi connectivity index (χ0v) is 8.60. The Morgan fingerprint density at radius 2 is 2.13 bits per heavy atom. The van der Waals surface area contributed by atoms with Gasteiger partial charge in [0.15, 0.2) is 5.82 Å². The van der Waals surface area contributed by atoms with E-state index in [0.717, 1.165) is 0 Å². The molecular formula is C9H13N3O3. The molecule has 1 heterocycles. The molecule has 0 aliphatic carbocycles. The molecule has 1 aromatic heterocycles. The summed E-state index contributed by atoms with van der Waals surface area (Å²) in [4.78, 5) is 18.7. The van der Waals surface area contributed by atoms with Crippen LogP contribution in [0, 0.1) is 0 Å². The van der Waals surface area contributed by atoms with E-state index < -0.39 is 6.09 Å². The minimum Gasteiger partial charge on any atom is -0.447 e. The summed E-state index contributed by atoms with van der Waals surface area (Å²) < 4.78 is 4.86. The number of aliphatic hydroxyl groups excluding tert-OH is 1. The molecule has 6 heteroatoms. The summed E-state index contributed by atoms with van der Waals surface area (Å²) in [5.41, 5.74) is 0.429. The number of aliphatic hydroxyl groups is 1. The molecule has 2 N–H and O–H groups in total. The van der Waals surface area contributed by atoms with Gasteiger partial charge in [0.2, 0.25) is 0 Å². The zero-order chi connectivity index (χ0) is 11.3. The van der Waals surface area contributed by atoms with Crippen molar-refractivity contribution in [3.8, 4) is 0 Å². The van der Waals surface area contributed by atoms with Crippen molar-refractivity contribution in [3.63, 3.8) is 0 Å². The second kappa shape index (κ2) is 5.26. The van der Waals surface area contributed by atoms with Gasteiger partial charge in [-0.2, -0.15) is 0 Å². The first-order valence-corrected chi connectivity index (χ1v) is 4.51. The fourth-order valence-corrected chi connectivity index (χ4v) is 0.862. The van der Waals surface area contributed by atoms with E-state index in [1.54, 1.807) is 13.8 Å². The lowest BCUT2D eigenvalue weighted by molar-refractivity contribution is 0.130. The number of nitrogens with zero attached hydrogens (tertiary/aromatic N) is 2. The van der Waals surface area contributed by atoms with Crippen LogP contribution in [0.2, 0.25) is 0 Å². The Morgan fingerprint density at radius 1 is 1.53 bits per heavy atom. The lowest BCUT2D eigenvalue weighted by Gasteiger charge is -2.08. The average molecular weight is 211 g/mol. The second-order valence-corrected chi connectivity index (χ2v) is 3.13. The number of hydrogen-bond donors (Lipinski definition) is 2. The van der Waals surface area contributed by atoms with Crippen molar-refractivity contribution in [1.29, 1.82) is 0 Å². The first-order chi connectivity index (χ1) is 7.11. The lowest BCUT2D eigenvalue weighted by atomic mass is 10.5. The zero-order valence-electron chi connectivity index (χ0n) is 8.60. The van der Waals surface area contributed by atoms with Gasteiger partial charge in [-0.05, 0) is 13.8 Å². The van der Waals surface area contributed by atoms with Crippen LogP contribution in [0.5, 0.6) is 0 Å². The molecule has 0 fully saturated rings. The van der Waals surface area contributed by atoms with Crippen molar-refractivity contribution >= 4 is 11.8 Å². The lowest BCUT2D eigenvalue weighted by Crippen LogP contribution is -2.18. The van der Waals surface area contributed by atoms with Gasteiger partial charge in [0, 0.05) is 0 Å². The molecule has 0 aromatic carbocycles. The highest BCUT2D eigenvalue weighted by molar-refractivity contribution is 5.84. The third kappa shape index (κ3) is 3.90. The van der Waals surface area contributed by atoms with Gasteiger partial charge >= 0.3 is 6.09 Å². The van der Waals surface area contributed by atoms with E-state index in [1.165, 1.54) is 12.4 Å². The first kappa shape index (κ1) is 11.4. The summed E-state index contributed by atoms with van der Waals surface area (Å²) in [6, 6.07) is 0. The Morgan fingerprint density at radius 3 is 2.60 bits per heavy atom. The van der Waals surface area contributed by atoms with Crippen LogP contribution in [0.4, 0.5) is 10.5 Å². The molecule has 1 aromatic rings. The molecule has 0 atom stereocenters. The molecule has 6 nitrogen and oxygen atoms in total. The second-order valence-electron chi connectivity index (χ2n) is 3.13. The van der Waals surface area contributed by atoms with Gasteiger partial charge in [-0.1, -0.05) is 0 Å². The van der Waals surface area contributed by atoms with Crippen molar-refractivity contribution in [2.75, 3.05) is 5.32 Å². The normalized spacial score (nSPS) is 10.1. The average Bonchev–Trinajstić information content (AvgIpc) is 2.17. The predicted octanol–water partition coefficient (Wildman–Crippen LogP) is 0.926. The molecule has 0 aliphatic rings. The first-order valence-electron chi connectivity index (χ1n) is 4.51. The summed E-state index contributed by atoms with van der Waals surface area (Å²) in [6.45, 7) is 3.28. The maximum Gasteiger partial charge on any atom is 0.411 e. The molecular weight excluding hydrogens is 198 g/mol. The number of carbonyl (C=O) groups excluding carboxylic acids is 1. The van der Waals surface area contributed by atoms with Gasteiger partial charge in [0.1, 0.15) is 6.61 Å². The van der Waals surface area contributed by atoms with Crippen LogP contribution in [-0.2, 0) is 11.3 Å². The molecule has 0 radical (unpaired) electrons. The Kier molecular flexibility index (Phi) is 3.99. The summed E-state index contributed by atoms with van der Waals surface area (Å²) in [6.07, 6.45) is 2.08. The molecule has 1 rings (SSSR count). The van der Waals surface area contributed by atoms with Gasteiger partial charge in [0.05, 0.1) is 24.2 Å². The van der Waals surface area contributed by atoms with Crippen molar-refractivity contribution < 1.29 is 14.6 Å². The molecule has 0 bridgehead atoms. The smallest absolute Gasteiger partial charge is 0.411 e. The van der Waals surface area contributed by atoms with Crippen molar-refractivity contribution in [3.05, 3.63) is 18.2 Å². The van der Waals surface area contributed by atoms with Crippen LogP contribution in [0.3, 0.4) is 0 Å². The number of hydrogen-bond acceptors (Lipinski definition) is 5. The monoisotopic (exact) mass is 211 g/mol. The molecule has 82 valence electrons. The van der Waals surface area contributed by atoms with E-state index >= 15 is 0 Å². The van der Waals surface area contributed by atoms with Crippen molar-refractivity contribution in [2.45, 2.75) is 26.6 Å². The number of amides is 1. The van der Waals surface area contributed by atoms with Gasteiger partial charge in [0.25, 0.3) is 0 Å². The Balaban J connectivity index is 2.53. The standard InChI is InChI=1S/C9H13N3O3/c1-6(2)15-9(14)12-7-3-10-8(5-13)11-4-7/h3-4,6,13H,5H2,1-2H3,(H,12,14). The van der Waals surface area contributed by atoms with Crippen LogP contribution in [0.1, 0.15) is 19.7 Å². The molecule has 0 spiro atoms. The third-order valence-corrected chi connectivity index (χ3v) is 1.44. The summed E-state index contributed by atoms with van der Waals surface area (Å²) in [7, 11) is 0. The Labute approximate surface area is 87.3 Å². The summed E-state index contributed by atoms with van der Waals surface area (Å²) in [5, 5.41) is 11.1. The maximum atomic E-state index is 11.1. The van der Waals surface area contributed by atoms with E-state index in [1.807, 2.05) is 0 Å². The predicted molar refractivity (Wildman–Crippen MR) is 53.2 cm³/mol. The Bertz CT molecular complexity index is 324. The number of anilines is 1. The van der Waals surface area contributed by atoms with Crippen LogP contribution >= 0.6 is 0 Å². The molecule has 0 unspecified atom stereocenters. The van der Waals surface area contributed by atoms with E-state index in [9.17, 15) is 4.79 Å². The number of aromatic nitrogens is 2. The summed E-state index contributed by atoms with van der Waals surface area (Å²) >= 11 is 0. The number of rotatable bonds is 3. The van der Waals surface area contributed by atoms with E-state index in [4.69, 9.17) is 9.84 Å². The fraction of sp³-hybridized carbons (Fsp3) is 0.444. The Hall–Kier alpha value is -1.69. The largest absolute Gasteiger partial charge is 0.447 e. The van der Waals surface area contributed by atoms with Crippen LogP contribution < -0.4 is 5.32 Å². The fourth-order valence-electron chi connectivity index (χ4n) is 0.862. The van der Waals surface area contributed by atoms with Crippen LogP contribution in [0.25, 0.3) is 0 Å². The molecule has 1 amide bonds. The topological polar surface area (TPSA) is 84.3 Å². The van der Waals surface area contributed by atoms with Gasteiger partial charge < -0.3 is 9.84 Å². The SMILES string of the molecule is CC(C)OC(=O)Nc1cnc(CO)nc1. The number of carbonyl (C=O) groups is 1. The summed E-state index contributed by atoms with van der Waals surface area (Å²) in [5.74, 6) is 0.303. The number of nitrogens with one attached hydrogen (secondary N) is 1. The highest BCUT2D eigenvalue weighted by atomic mass is 16.6. The van der Waals surface area contributed by atoms with Gasteiger partial charge in [-0.25, -0.2) is 14.8 Å².